The molecule has 74 valence electrons. The van der Waals surface area contributed by atoms with E-state index in [0.717, 1.165) is 12.2 Å². The van der Waals surface area contributed by atoms with E-state index in [-0.39, 0.29) is 5.91 Å². The first-order chi connectivity index (χ1) is 6.72. The van der Waals surface area contributed by atoms with Crippen LogP contribution in [0, 0.1) is 6.92 Å². The van der Waals surface area contributed by atoms with E-state index < -0.39 is 0 Å². The highest BCUT2D eigenvalue weighted by atomic mass is 32.2. The molecule has 2 nitrogen and oxygen atoms in total. The van der Waals surface area contributed by atoms with Crippen molar-refractivity contribution in [3.63, 3.8) is 0 Å². The largest absolute Gasteiger partial charge is 0.311 e. The van der Waals surface area contributed by atoms with Crippen LogP contribution in [0.3, 0.4) is 0 Å². The van der Waals surface area contributed by atoms with E-state index in [4.69, 9.17) is 0 Å². The van der Waals surface area contributed by atoms with Crippen LogP contribution in [0.4, 0.5) is 5.69 Å². The molecule has 14 heavy (non-hydrogen) atoms. The van der Waals surface area contributed by atoms with Crippen LogP contribution in [0.25, 0.3) is 0 Å². The summed E-state index contributed by atoms with van der Waals surface area (Å²) < 4.78 is 0. The van der Waals surface area contributed by atoms with E-state index in [9.17, 15) is 4.79 Å². The number of hydrogen-bond acceptors (Lipinski definition) is 2. The molecular formula is C11H13NOS. The highest BCUT2D eigenvalue weighted by molar-refractivity contribution is 8.00. The molecule has 0 saturated carbocycles. The van der Waals surface area contributed by atoms with Crippen LogP contribution in [0.1, 0.15) is 12.5 Å². The Labute approximate surface area is 88.3 Å². The molecule has 0 unspecified atom stereocenters. The highest BCUT2D eigenvalue weighted by Crippen LogP contribution is 2.35. The molecule has 0 saturated heterocycles. The zero-order valence-corrected chi connectivity index (χ0v) is 9.23. The van der Waals surface area contributed by atoms with Gasteiger partial charge in [-0.2, -0.15) is 0 Å². The molecule has 1 aliphatic rings. The van der Waals surface area contributed by atoms with E-state index in [1.54, 1.807) is 11.8 Å². The SMILES string of the molecule is CCN1C(=O)CSc2ccc(C)cc21. The second-order valence-electron chi connectivity index (χ2n) is 3.40. The van der Waals surface area contributed by atoms with Crippen molar-refractivity contribution in [2.24, 2.45) is 0 Å². The van der Waals surface area contributed by atoms with Crippen LogP contribution in [0.2, 0.25) is 0 Å². The first kappa shape index (κ1) is 9.59. The number of aryl methyl sites for hydroxylation is 1. The Morgan fingerprint density at radius 1 is 1.50 bits per heavy atom. The van der Waals surface area contributed by atoms with E-state index in [1.165, 1.54) is 10.5 Å². The van der Waals surface area contributed by atoms with Crippen LogP contribution < -0.4 is 4.90 Å². The van der Waals surface area contributed by atoms with Crippen LogP contribution in [-0.4, -0.2) is 18.2 Å². The molecule has 2 rings (SSSR count). The van der Waals surface area contributed by atoms with E-state index in [1.807, 2.05) is 11.8 Å². The molecule has 0 aromatic heterocycles. The molecule has 1 amide bonds. The third-order valence-electron chi connectivity index (χ3n) is 2.37. The standard InChI is InChI=1S/C11H13NOS/c1-3-12-9-6-8(2)4-5-10(9)14-7-11(12)13/h4-6H,3,7H2,1-2H3. The Kier molecular flexibility index (Phi) is 2.50. The molecule has 0 N–H and O–H groups in total. The Morgan fingerprint density at radius 2 is 2.29 bits per heavy atom. The topological polar surface area (TPSA) is 20.3 Å². The van der Waals surface area contributed by atoms with Gasteiger partial charge in [-0.3, -0.25) is 4.79 Å². The van der Waals surface area contributed by atoms with Crippen molar-refractivity contribution in [3.8, 4) is 0 Å². The van der Waals surface area contributed by atoms with Crippen molar-refractivity contribution >= 4 is 23.4 Å². The van der Waals surface area contributed by atoms with Crippen LogP contribution in [0.15, 0.2) is 23.1 Å². The lowest BCUT2D eigenvalue weighted by Gasteiger charge is -2.28. The molecule has 1 aromatic rings. The first-order valence-electron chi connectivity index (χ1n) is 4.76. The number of carbonyl (C=O) groups is 1. The zero-order chi connectivity index (χ0) is 10.1. The van der Waals surface area contributed by atoms with Gasteiger partial charge >= 0.3 is 0 Å². The van der Waals surface area contributed by atoms with Gasteiger partial charge in [0.15, 0.2) is 0 Å². The minimum absolute atomic E-state index is 0.218. The normalized spacial score (nSPS) is 15.6. The maximum atomic E-state index is 11.6. The average Bonchev–Trinajstić information content (AvgIpc) is 2.17. The van der Waals surface area contributed by atoms with Crippen molar-refractivity contribution < 1.29 is 4.79 Å². The summed E-state index contributed by atoms with van der Waals surface area (Å²) in [6, 6.07) is 6.28. The molecule has 0 bridgehead atoms. The quantitative estimate of drug-likeness (QED) is 0.705. The Morgan fingerprint density at radius 3 is 3.00 bits per heavy atom. The lowest BCUT2D eigenvalue weighted by Crippen LogP contribution is -2.35. The third-order valence-corrected chi connectivity index (χ3v) is 3.42. The second-order valence-corrected chi connectivity index (χ2v) is 4.42. The first-order valence-corrected chi connectivity index (χ1v) is 5.74. The lowest BCUT2D eigenvalue weighted by molar-refractivity contribution is -0.116. The average molecular weight is 207 g/mol. The van der Waals surface area contributed by atoms with Gasteiger partial charge in [-0.25, -0.2) is 0 Å². The minimum atomic E-state index is 0.218. The number of fused-ring (bicyclic) bond motifs is 1. The van der Waals surface area contributed by atoms with Crippen molar-refractivity contribution in [3.05, 3.63) is 23.8 Å². The van der Waals surface area contributed by atoms with Gasteiger partial charge in [-0.1, -0.05) is 6.07 Å². The molecule has 0 radical (unpaired) electrons. The Bertz CT molecular complexity index is 376. The van der Waals surface area contributed by atoms with E-state index >= 15 is 0 Å². The molecular weight excluding hydrogens is 194 g/mol. The summed E-state index contributed by atoms with van der Waals surface area (Å²) >= 11 is 1.63. The highest BCUT2D eigenvalue weighted by Gasteiger charge is 2.22. The number of rotatable bonds is 1. The summed E-state index contributed by atoms with van der Waals surface area (Å²) in [4.78, 5) is 14.7. The second kappa shape index (κ2) is 3.65. The molecule has 3 heteroatoms. The lowest BCUT2D eigenvalue weighted by atomic mass is 10.2. The summed E-state index contributed by atoms with van der Waals surface area (Å²) in [5.74, 6) is 0.791. The minimum Gasteiger partial charge on any atom is -0.311 e. The van der Waals surface area contributed by atoms with Crippen molar-refractivity contribution in [1.29, 1.82) is 0 Å². The number of hydrogen-bond donors (Lipinski definition) is 0. The van der Waals surface area contributed by atoms with Gasteiger partial charge < -0.3 is 4.90 Å². The predicted molar refractivity (Wildman–Crippen MR) is 59.9 cm³/mol. The molecule has 1 aromatic carbocycles. The molecule has 1 heterocycles. The van der Waals surface area contributed by atoms with Crippen LogP contribution in [-0.2, 0) is 4.79 Å². The van der Waals surface area contributed by atoms with Gasteiger partial charge in [0.1, 0.15) is 0 Å². The van der Waals surface area contributed by atoms with Crippen molar-refractivity contribution in [2.75, 3.05) is 17.2 Å². The molecule has 0 spiro atoms. The summed E-state index contributed by atoms with van der Waals surface area (Å²) in [5, 5.41) is 0. The Balaban J connectivity index is 2.49. The van der Waals surface area contributed by atoms with Crippen LogP contribution >= 0.6 is 11.8 Å². The van der Waals surface area contributed by atoms with Gasteiger partial charge in [0.25, 0.3) is 0 Å². The number of anilines is 1. The summed E-state index contributed by atoms with van der Waals surface area (Å²) in [5.41, 5.74) is 2.28. The number of carbonyl (C=O) groups excluding carboxylic acids is 1. The fraction of sp³-hybridized carbons (Fsp3) is 0.364. The van der Waals surface area contributed by atoms with Gasteiger partial charge in [0, 0.05) is 11.4 Å². The van der Waals surface area contributed by atoms with Crippen LogP contribution in [0.5, 0.6) is 0 Å². The van der Waals surface area contributed by atoms with E-state index in [0.29, 0.717) is 5.75 Å². The maximum absolute atomic E-state index is 11.6. The third kappa shape index (κ3) is 1.52. The maximum Gasteiger partial charge on any atom is 0.237 e. The number of benzene rings is 1. The molecule has 0 aliphatic carbocycles. The molecule has 0 fully saturated rings. The van der Waals surface area contributed by atoms with Crippen molar-refractivity contribution in [1.82, 2.24) is 0 Å². The fourth-order valence-corrected chi connectivity index (χ4v) is 2.57. The Hall–Kier alpha value is -0.960. The molecule has 1 aliphatic heterocycles. The predicted octanol–water partition coefficient (Wildman–Crippen LogP) is 2.45. The smallest absolute Gasteiger partial charge is 0.237 e. The number of thioether (sulfide) groups is 1. The summed E-state index contributed by atoms with van der Waals surface area (Å²) in [6.07, 6.45) is 0. The van der Waals surface area contributed by atoms with Crippen molar-refractivity contribution in [2.45, 2.75) is 18.7 Å². The number of amides is 1. The van der Waals surface area contributed by atoms with Gasteiger partial charge in [-0.15, -0.1) is 11.8 Å². The molecule has 0 atom stereocenters. The van der Waals surface area contributed by atoms with Gasteiger partial charge in [-0.05, 0) is 31.5 Å². The van der Waals surface area contributed by atoms with Gasteiger partial charge in [0.05, 0.1) is 11.4 Å². The number of nitrogens with zero attached hydrogens (tertiary/aromatic N) is 1. The van der Waals surface area contributed by atoms with E-state index in [2.05, 4.69) is 25.1 Å². The van der Waals surface area contributed by atoms with Gasteiger partial charge in [0.2, 0.25) is 5.91 Å². The zero-order valence-electron chi connectivity index (χ0n) is 8.41. The fourth-order valence-electron chi connectivity index (χ4n) is 1.66. The summed E-state index contributed by atoms with van der Waals surface area (Å²) in [7, 11) is 0. The summed E-state index contributed by atoms with van der Waals surface area (Å²) in [6.45, 7) is 4.83. The monoisotopic (exact) mass is 207 g/mol.